The molecule has 0 saturated carbocycles. The minimum Gasteiger partial charge on any atom is -0.462 e. The van der Waals surface area contributed by atoms with Crippen LogP contribution in [0.3, 0.4) is 0 Å². The maximum Gasteiger partial charge on any atom is 0.333 e. The first-order chi connectivity index (χ1) is 6.07. The van der Waals surface area contributed by atoms with Crippen molar-refractivity contribution in [2.75, 3.05) is 13.7 Å². The minimum absolute atomic E-state index is 0.300. The van der Waals surface area contributed by atoms with Gasteiger partial charge in [0.1, 0.15) is 0 Å². The molecule has 0 aromatic rings. The number of rotatable bonds is 6. The van der Waals surface area contributed by atoms with E-state index in [0.717, 1.165) is 6.42 Å². The highest BCUT2D eigenvalue weighted by atomic mass is 28.2. The van der Waals surface area contributed by atoms with E-state index in [9.17, 15) is 4.79 Å². The highest BCUT2D eigenvalue weighted by Crippen LogP contribution is 2.07. The predicted molar refractivity (Wildman–Crippen MR) is 55.4 cm³/mol. The lowest BCUT2D eigenvalue weighted by Gasteiger charge is -2.09. The van der Waals surface area contributed by atoms with E-state index in [2.05, 4.69) is 13.5 Å². The highest BCUT2D eigenvalue weighted by Gasteiger charge is 2.06. The Kier molecular flexibility index (Phi) is 6.53. The SMILES string of the molecule is C=C(C)C(=O)OCCC(C)[SiH2]OC. The summed E-state index contributed by atoms with van der Waals surface area (Å²) in [6.07, 6.45) is 0.888. The molecule has 3 nitrogen and oxygen atoms in total. The van der Waals surface area contributed by atoms with E-state index in [-0.39, 0.29) is 5.97 Å². The van der Waals surface area contributed by atoms with Gasteiger partial charge in [0.2, 0.25) is 0 Å². The summed E-state index contributed by atoms with van der Waals surface area (Å²) in [5.41, 5.74) is 1.01. The lowest BCUT2D eigenvalue weighted by atomic mass is 10.3. The average molecular weight is 202 g/mol. The monoisotopic (exact) mass is 202 g/mol. The second-order valence-electron chi connectivity index (χ2n) is 3.27. The molecule has 0 aliphatic rings. The Morgan fingerprint density at radius 3 is 2.69 bits per heavy atom. The van der Waals surface area contributed by atoms with Crippen molar-refractivity contribution in [3.63, 3.8) is 0 Å². The molecule has 0 bridgehead atoms. The van der Waals surface area contributed by atoms with Crippen molar-refractivity contribution in [3.05, 3.63) is 12.2 Å². The number of ether oxygens (including phenoxy) is 1. The highest BCUT2D eigenvalue weighted by molar-refractivity contribution is 6.29. The number of hydrogen-bond donors (Lipinski definition) is 0. The van der Waals surface area contributed by atoms with E-state index in [1.807, 2.05) is 0 Å². The standard InChI is InChI=1S/C9H18O3Si/c1-7(2)9(10)12-6-5-8(3)13-11-4/h8H,1,5-6,13H2,2-4H3. The van der Waals surface area contributed by atoms with E-state index in [4.69, 9.17) is 9.16 Å². The molecule has 0 aliphatic carbocycles. The van der Waals surface area contributed by atoms with Crippen LogP contribution < -0.4 is 0 Å². The third-order valence-corrected chi connectivity index (χ3v) is 2.95. The van der Waals surface area contributed by atoms with Gasteiger partial charge in [0.05, 0.1) is 6.61 Å². The van der Waals surface area contributed by atoms with Gasteiger partial charge in [-0.3, -0.25) is 0 Å². The van der Waals surface area contributed by atoms with Gasteiger partial charge in [-0.2, -0.15) is 0 Å². The van der Waals surface area contributed by atoms with Crippen molar-refractivity contribution < 1.29 is 14.0 Å². The zero-order chi connectivity index (χ0) is 10.3. The Morgan fingerprint density at radius 1 is 1.62 bits per heavy atom. The summed E-state index contributed by atoms with van der Waals surface area (Å²) in [7, 11) is 1.29. The first kappa shape index (κ1) is 12.4. The van der Waals surface area contributed by atoms with Gasteiger partial charge in [-0.05, 0) is 18.9 Å². The lowest BCUT2D eigenvalue weighted by molar-refractivity contribution is -0.139. The largest absolute Gasteiger partial charge is 0.462 e. The molecule has 0 radical (unpaired) electrons. The summed E-state index contributed by atoms with van der Waals surface area (Å²) >= 11 is 0. The topological polar surface area (TPSA) is 35.5 Å². The Labute approximate surface area is 82.1 Å². The van der Waals surface area contributed by atoms with Crippen LogP contribution in [-0.4, -0.2) is 29.4 Å². The fourth-order valence-corrected chi connectivity index (χ4v) is 1.75. The molecular weight excluding hydrogens is 184 g/mol. The zero-order valence-corrected chi connectivity index (χ0v) is 10.0. The third kappa shape index (κ3) is 6.54. The summed E-state index contributed by atoms with van der Waals surface area (Å²) in [5.74, 6) is -0.300. The number of hydrogen-bond acceptors (Lipinski definition) is 3. The Bertz CT molecular complexity index is 180. The number of esters is 1. The van der Waals surface area contributed by atoms with Crippen LogP contribution in [0.5, 0.6) is 0 Å². The van der Waals surface area contributed by atoms with Crippen LogP contribution in [0.2, 0.25) is 5.54 Å². The predicted octanol–water partition coefficient (Wildman–Crippen LogP) is 1.03. The summed E-state index contributed by atoms with van der Waals surface area (Å²) < 4.78 is 10.0. The van der Waals surface area contributed by atoms with Crippen LogP contribution in [0.1, 0.15) is 20.3 Å². The second kappa shape index (κ2) is 6.86. The van der Waals surface area contributed by atoms with E-state index >= 15 is 0 Å². The molecule has 0 amide bonds. The van der Waals surface area contributed by atoms with Crippen molar-refractivity contribution in [1.29, 1.82) is 0 Å². The first-order valence-corrected chi connectivity index (χ1v) is 5.79. The van der Waals surface area contributed by atoms with Gasteiger partial charge >= 0.3 is 5.97 Å². The van der Waals surface area contributed by atoms with Crippen molar-refractivity contribution in [3.8, 4) is 0 Å². The van der Waals surface area contributed by atoms with Gasteiger partial charge in [-0.15, -0.1) is 0 Å². The van der Waals surface area contributed by atoms with Crippen LogP contribution in [0.4, 0.5) is 0 Å². The molecule has 0 saturated heterocycles. The van der Waals surface area contributed by atoms with Crippen LogP contribution in [0, 0.1) is 0 Å². The molecule has 1 atom stereocenters. The summed E-state index contributed by atoms with van der Waals surface area (Å²) in [6, 6.07) is 0. The molecule has 0 spiro atoms. The zero-order valence-electron chi connectivity index (χ0n) is 8.63. The lowest BCUT2D eigenvalue weighted by Crippen LogP contribution is -2.10. The molecule has 13 heavy (non-hydrogen) atoms. The molecule has 0 aliphatic heterocycles. The molecule has 76 valence electrons. The van der Waals surface area contributed by atoms with Gasteiger partial charge in [-0.25, -0.2) is 4.79 Å². The molecule has 4 heteroatoms. The fraction of sp³-hybridized carbons (Fsp3) is 0.667. The normalized spacial score (nSPS) is 13.2. The van der Waals surface area contributed by atoms with Crippen molar-refractivity contribution in [2.45, 2.75) is 25.8 Å². The van der Waals surface area contributed by atoms with Gasteiger partial charge in [0.15, 0.2) is 9.76 Å². The Balaban J connectivity index is 3.44. The Hall–Kier alpha value is -0.613. The van der Waals surface area contributed by atoms with Crippen LogP contribution in [0.15, 0.2) is 12.2 Å². The second-order valence-corrected chi connectivity index (χ2v) is 5.57. The van der Waals surface area contributed by atoms with Crippen LogP contribution in [0.25, 0.3) is 0 Å². The van der Waals surface area contributed by atoms with Gasteiger partial charge in [-0.1, -0.05) is 13.5 Å². The van der Waals surface area contributed by atoms with E-state index in [1.165, 1.54) is 0 Å². The molecule has 0 rings (SSSR count). The molecule has 0 fully saturated rings. The number of carbonyl (C=O) groups is 1. The Morgan fingerprint density at radius 2 is 2.23 bits per heavy atom. The van der Waals surface area contributed by atoms with E-state index in [0.29, 0.717) is 17.7 Å². The van der Waals surface area contributed by atoms with Crippen LogP contribution in [-0.2, 0) is 14.0 Å². The summed E-state index contributed by atoms with van der Waals surface area (Å²) in [6.45, 7) is 7.74. The molecule has 0 aromatic carbocycles. The first-order valence-electron chi connectivity index (χ1n) is 4.39. The van der Waals surface area contributed by atoms with Crippen molar-refractivity contribution >= 4 is 15.7 Å². The maximum absolute atomic E-state index is 10.9. The van der Waals surface area contributed by atoms with Crippen molar-refractivity contribution in [1.82, 2.24) is 0 Å². The van der Waals surface area contributed by atoms with E-state index < -0.39 is 9.76 Å². The van der Waals surface area contributed by atoms with Gasteiger partial charge < -0.3 is 9.16 Å². The van der Waals surface area contributed by atoms with Gasteiger partial charge in [0.25, 0.3) is 0 Å². The van der Waals surface area contributed by atoms with Crippen molar-refractivity contribution in [2.24, 2.45) is 0 Å². The molecular formula is C9H18O3Si. The van der Waals surface area contributed by atoms with Crippen LogP contribution >= 0.6 is 0 Å². The molecule has 0 heterocycles. The summed E-state index contributed by atoms with van der Waals surface area (Å²) in [4.78, 5) is 10.9. The number of carbonyl (C=O) groups excluding carboxylic acids is 1. The maximum atomic E-state index is 10.9. The average Bonchev–Trinajstić information content (AvgIpc) is 2.04. The summed E-state index contributed by atoms with van der Waals surface area (Å²) in [5, 5.41) is 0. The quantitative estimate of drug-likeness (QED) is 0.367. The minimum atomic E-state index is -0.432. The van der Waals surface area contributed by atoms with E-state index in [1.54, 1.807) is 14.0 Å². The molecule has 0 aromatic heterocycles. The third-order valence-electron chi connectivity index (χ3n) is 1.64. The molecule has 1 unspecified atom stereocenters. The fourth-order valence-electron chi connectivity index (χ4n) is 0.844. The van der Waals surface area contributed by atoms with Gasteiger partial charge in [0, 0.05) is 12.7 Å². The smallest absolute Gasteiger partial charge is 0.333 e. The molecule has 0 N–H and O–H groups in total.